The average molecular weight is 456 g/mol. The average Bonchev–Trinajstić information content (AvgIpc) is 3.12. The second-order valence-electron chi connectivity index (χ2n) is 8.03. The van der Waals surface area contributed by atoms with E-state index in [1.807, 2.05) is 74.5 Å². The number of aromatic nitrogens is 1. The first-order valence-corrected chi connectivity index (χ1v) is 11.0. The molecule has 0 saturated carbocycles. The molecule has 0 atom stereocenters. The first kappa shape index (κ1) is 23.0. The third-order valence-corrected chi connectivity index (χ3v) is 5.48. The fraction of sp³-hybridized carbons (Fsp3) is 0.143. The van der Waals surface area contributed by atoms with Gasteiger partial charge in [0.25, 0.3) is 0 Å². The lowest BCUT2D eigenvalue weighted by atomic mass is 10.1. The largest absolute Gasteiger partial charge is 0.489 e. The number of nitrogens with zero attached hydrogens (tertiary/aromatic N) is 2. The van der Waals surface area contributed by atoms with Crippen LogP contribution in [0.2, 0.25) is 0 Å². The summed E-state index contributed by atoms with van der Waals surface area (Å²) in [6.45, 7) is 4.41. The Balaban J connectivity index is 1.38. The summed E-state index contributed by atoms with van der Waals surface area (Å²) in [7, 11) is 0. The van der Waals surface area contributed by atoms with Crippen LogP contribution in [0.15, 0.2) is 90.0 Å². The number of hydrogen-bond acceptors (Lipinski definition) is 3. The molecule has 0 radical (unpaired) electrons. The second-order valence-corrected chi connectivity index (χ2v) is 8.03. The van der Waals surface area contributed by atoms with Gasteiger partial charge in [-0.25, -0.2) is 9.82 Å². The number of benzene rings is 3. The summed E-state index contributed by atoms with van der Waals surface area (Å²) in [4.78, 5) is 12.1. The van der Waals surface area contributed by atoms with Gasteiger partial charge in [-0.05, 0) is 67.4 Å². The number of halogens is 1. The number of hydrogen-bond donors (Lipinski definition) is 1. The number of carbonyl (C=O) groups excluding carboxylic acids is 1. The second kappa shape index (κ2) is 10.6. The van der Waals surface area contributed by atoms with Crippen molar-refractivity contribution in [2.45, 2.75) is 26.9 Å². The summed E-state index contributed by atoms with van der Waals surface area (Å²) >= 11 is 0. The molecule has 0 fully saturated rings. The minimum absolute atomic E-state index is 0.160. The molecule has 0 aliphatic heterocycles. The van der Waals surface area contributed by atoms with Crippen LogP contribution in [-0.4, -0.2) is 16.7 Å². The molecule has 3 aromatic carbocycles. The van der Waals surface area contributed by atoms with Crippen molar-refractivity contribution >= 4 is 12.1 Å². The highest BCUT2D eigenvalue weighted by molar-refractivity contribution is 5.84. The lowest BCUT2D eigenvalue weighted by Crippen LogP contribution is -2.19. The van der Waals surface area contributed by atoms with Crippen molar-refractivity contribution in [2.75, 3.05) is 0 Å². The maximum Gasteiger partial charge on any atom is 0.244 e. The van der Waals surface area contributed by atoms with Gasteiger partial charge >= 0.3 is 0 Å². The molecule has 0 aliphatic rings. The molecule has 4 rings (SSSR count). The van der Waals surface area contributed by atoms with E-state index in [-0.39, 0.29) is 18.1 Å². The normalized spacial score (nSPS) is 11.0. The van der Waals surface area contributed by atoms with Gasteiger partial charge in [0.05, 0.1) is 12.6 Å². The fourth-order valence-corrected chi connectivity index (χ4v) is 3.75. The van der Waals surface area contributed by atoms with E-state index in [9.17, 15) is 9.18 Å². The Kier molecular flexibility index (Phi) is 7.18. The van der Waals surface area contributed by atoms with Gasteiger partial charge in [0.2, 0.25) is 5.91 Å². The molecule has 1 N–H and O–H groups in total. The predicted molar refractivity (Wildman–Crippen MR) is 132 cm³/mol. The Morgan fingerprint density at radius 1 is 0.971 bits per heavy atom. The quantitative estimate of drug-likeness (QED) is 0.282. The summed E-state index contributed by atoms with van der Waals surface area (Å²) in [5, 5.41) is 4.14. The van der Waals surface area contributed by atoms with Gasteiger partial charge in [0.15, 0.2) is 0 Å². The molecular weight excluding hydrogens is 429 g/mol. The third kappa shape index (κ3) is 5.78. The molecule has 0 unspecified atom stereocenters. The van der Waals surface area contributed by atoms with Crippen molar-refractivity contribution in [3.8, 4) is 11.4 Å². The van der Waals surface area contributed by atoms with Crippen molar-refractivity contribution in [2.24, 2.45) is 5.10 Å². The molecule has 34 heavy (non-hydrogen) atoms. The van der Waals surface area contributed by atoms with Crippen LogP contribution in [0.3, 0.4) is 0 Å². The van der Waals surface area contributed by atoms with E-state index >= 15 is 0 Å². The number of nitrogens with one attached hydrogen (secondary N) is 1. The number of aryl methyl sites for hydroxylation is 1. The maximum absolute atomic E-state index is 13.0. The summed E-state index contributed by atoms with van der Waals surface area (Å²) in [5.41, 5.74) is 8.43. The van der Waals surface area contributed by atoms with Gasteiger partial charge in [-0.15, -0.1) is 0 Å². The first-order valence-electron chi connectivity index (χ1n) is 11.0. The van der Waals surface area contributed by atoms with Crippen molar-refractivity contribution in [1.29, 1.82) is 0 Å². The molecule has 4 aromatic rings. The highest BCUT2D eigenvalue weighted by atomic mass is 19.1. The van der Waals surface area contributed by atoms with Gasteiger partial charge in [0, 0.05) is 22.6 Å². The lowest BCUT2D eigenvalue weighted by Gasteiger charge is -2.11. The number of amides is 1. The topological polar surface area (TPSA) is 55.6 Å². The Morgan fingerprint density at radius 2 is 1.68 bits per heavy atom. The van der Waals surface area contributed by atoms with Crippen LogP contribution in [0.1, 0.15) is 28.1 Å². The highest BCUT2D eigenvalue weighted by Gasteiger charge is 2.10. The molecule has 6 heteroatoms. The van der Waals surface area contributed by atoms with Crippen LogP contribution in [0.5, 0.6) is 5.75 Å². The number of rotatable bonds is 8. The number of carbonyl (C=O) groups is 1. The third-order valence-electron chi connectivity index (χ3n) is 5.48. The lowest BCUT2D eigenvalue weighted by molar-refractivity contribution is -0.120. The smallest absolute Gasteiger partial charge is 0.244 e. The number of hydrazone groups is 1. The van der Waals surface area contributed by atoms with Gasteiger partial charge in [-0.2, -0.15) is 5.10 Å². The molecule has 1 heterocycles. The monoisotopic (exact) mass is 455 g/mol. The van der Waals surface area contributed by atoms with Gasteiger partial charge in [-0.3, -0.25) is 4.79 Å². The zero-order chi connectivity index (χ0) is 23.9. The molecule has 1 amide bonds. The molecule has 0 bridgehead atoms. The van der Waals surface area contributed by atoms with Crippen LogP contribution in [0.25, 0.3) is 5.69 Å². The van der Waals surface area contributed by atoms with E-state index in [2.05, 4.69) is 15.1 Å². The van der Waals surface area contributed by atoms with E-state index in [1.165, 1.54) is 12.1 Å². The van der Waals surface area contributed by atoms with Crippen molar-refractivity contribution in [1.82, 2.24) is 9.99 Å². The van der Waals surface area contributed by atoms with Crippen molar-refractivity contribution < 1.29 is 13.9 Å². The summed E-state index contributed by atoms with van der Waals surface area (Å²) in [5.74, 6) is 0.315. The summed E-state index contributed by atoms with van der Waals surface area (Å²) in [6, 6.07) is 25.7. The Bertz CT molecular complexity index is 1280. The standard InChI is InChI=1S/C28H26FN3O2/c1-20-16-24(18-30-31-28(33)17-22-6-4-3-5-7-22)21(2)32(20)26-12-14-27(15-13-26)34-19-23-8-10-25(29)11-9-23/h3-16,18H,17,19H2,1-2H3,(H,31,33)/b30-18+. The SMILES string of the molecule is Cc1cc(/C=N/NC(=O)Cc2ccccc2)c(C)n1-c1ccc(OCc2ccc(F)cc2)cc1. The molecule has 172 valence electrons. The van der Waals surface area contributed by atoms with Crippen molar-refractivity contribution in [3.63, 3.8) is 0 Å². The van der Waals surface area contributed by atoms with Crippen LogP contribution in [0.4, 0.5) is 4.39 Å². The van der Waals surface area contributed by atoms with Crippen LogP contribution < -0.4 is 10.2 Å². The minimum Gasteiger partial charge on any atom is -0.489 e. The zero-order valence-electron chi connectivity index (χ0n) is 19.2. The highest BCUT2D eigenvalue weighted by Crippen LogP contribution is 2.22. The minimum atomic E-state index is -0.260. The van der Waals surface area contributed by atoms with Gasteiger partial charge in [0.1, 0.15) is 18.2 Å². The van der Waals surface area contributed by atoms with Crippen LogP contribution >= 0.6 is 0 Å². The van der Waals surface area contributed by atoms with E-state index in [0.29, 0.717) is 6.61 Å². The zero-order valence-corrected chi connectivity index (χ0v) is 19.2. The molecular formula is C28H26FN3O2. The van der Waals surface area contributed by atoms with Crippen LogP contribution in [-0.2, 0) is 17.8 Å². The van der Waals surface area contributed by atoms with E-state index in [1.54, 1.807) is 18.3 Å². The maximum atomic E-state index is 13.0. The van der Waals surface area contributed by atoms with E-state index in [0.717, 1.165) is 39.5 Å². The molecule has 0 aliphatic carbocycles. The molecule has 5 nitrogen and oxygen atoms in total. The van der Waals surface area contributed by atoms with E-state index < -0.39 is 0 Å². The van der Waals surface area contributed by atoms with Gasteiger partial charge in [-0.1, -0.05) is 42.5 Å². The predicted octanol–water partition coefficient (Wildman–Crippen LogP) is 5.51. The number of ether oxygens (including phenoxy) is 1. The first-order chi connectivity index (χ1) is 16.5. The summed E-state index contributed by atoms with van der Waals surface area (Å²) < 4.78 is 21.0. The van der Waals surface area contributed by atoms with E-state index in [4.69, 9.17) is 4.74 Å². The molecule has 0 saturated heterocycles. The Labute approximate surface area is 198 Å². The van der Waals surface area contributed by atoms with Crippen LogP contribution in [0, 0.1) is 19.7 Å². The fourth-order valence-electron chi connectivity index (χ4n) is 3.75. The molecule has 0 spiro atoms. The Morgan fingerprint density at radius 3 is 2.38 bits per heavy atom. The molecule has 1 aromatic heterocycles. The van der Waals surface area contributed by atoms with Crippen molar-refractivity contribution in [3.05, 3.63) is 119 Å². The summed E-state index contributed by atoms with van der Waals surface area (Å²) in [6.07, 6.45) is 1.95. The Hall–Kier alpha value is -4.19. The van der Waals surface area contributed by atoms with Gasteiger partial charge < -0.3 is 9.30 Å².